The van der Waals surface area contributed by atoms with Crippen LogP contribution in [0.25, 0.3) is 0 Å². The molecule has 1 heterocycles. The van der Waals surface area contributed by atoms with Crippen molar-refractivity contribution >= 4 is 33.4 Å². The van der Waals surface area contributed by atoms with Crippen molar-refractivity contribution in [3.8, 4) is 5.75 Å². The number of carbonyl (C=O) groups excluding carboxylic acids is 2. The van der Waals surface area contributed by atoms with Gasteiger partial charge in [0.2, 0.25) is 0 Å². The number of rotatable bonds is 9. The van der Waals surface area contributed by atoms with Gasteiger partial charge in [0.25, 0.3) is 11.8 Å². The maximum absolute atomic E-state index is 12.6. The molecule has 0 aromatic heterocycles. The Morgan fingerprint density at radius 1 is 1.03 bits per heavy atom. The summed E-state index contributed by atoms with van der Waals surface area (Å²) in [5, 5.41) is 2.87. The second-order valence-corrected chi connectivity index (χ2v) is 8.34. The van der Waals surface area contributed by atoms with Crippen LogP contribution in [0.5, 0.6) is 5.75 Å². The highest BCUT2D eigenvalue weighted by atomic mass is 79.9. The van der Waals surface area contributed by atoms with Crippen LogP contribution in [0.4, 0.5) is 5.69 Å². The van der Waals surface area contributed by atoms with Crippen molar-refractivity contribution < 1.29 is 19.1 Å². The van der Waals surface area contributed by atoms with Crippen molar-refractivity contribution in [3.63, 3.8) is 0 Å². The Balaban J connectivity index is 1.54. The second kappa shape index (κ2) is 11.9. The van der Waals surface area contributed by atoms with Gasteiger partial charge in [-0.3, -0.25) is 9.59 Å². The number of benzene rings is 2. The first-order valence-electron chi connectivity index (χ1n) is 10.8. The van der Waals surface area contributed by atoms with E-state index in [0.717, 1.165) is 23.1 Å². The van der Waals surface area contributed by atoms with Crippen LogP contribution in [-0.4, -0.2) is 49.6 Å². The summed E-state index contributed by atoms with van der Waals surface area (Å²) in [6.45, 7) is 5.19. The number of hydrogen-bond donors (Lipinski definition) is 1. The zero-order chi connectivity index (χ0) is 22.1. The topological polar surface area (TPSA) is 67.9 Å². The third-order valence-electron chi connectivity index (χ3n) is 5.14. The van der Waals surface area contributed by atoms with Crippen LogP contribution < -0.4 is 10.1 Å². The van der Waals surface area contributed by atoms with Gasteiger partial charge in [-0.2, -0.15) is 0 Å². The normalized spacial score (nSPS) is 13.7. The number of ether oxygens (including phenoxy) is 2. The number of hydrogen-bond acceptors (Lipinski definition) is 4. The van der Waals surface area contributed by atoms with Gasteiger partial charge in [0.15, 0.2) is 0 Å². The van der Waals surface area contributed by atoms with Gasteiger partial charge in [0.05, 0.1) is 24.3 Å². The van der Waals surface area contributed by atoms with Crippen LogP contribution in [0.1, 0.15) is 53.3 Å². The molecule has 0 bridgehead atoms. The number of nitrogens with one attached hydrogen (secondary N) is 1. The summed E-state index contributed by atoms with van der Waals surface area (Å²) in [6, 6.07) is 12.3. The molecule has 0 saturated carbocycles. The maximum Gasteiger partial charge on any atom is 0.255 e. The van der Waals surface area contributed by atoms with E-state index in [4.69, 9.17) is 9.47 Å². The van der Waals surface area contributed by atoms with Gasteiger partial charge in [-0.25, -0.2) is 0 Å². The van der Waals surface area contributed by atoms with Crippen molar-refractivity contribution in [3.05, 3.63) is 58.1 Å². The van der Waals surface area contributed by atoms with E-state index >= 15 is 0 Å². The van der Waals surface area contributed by atoms with Gasteiger partial charge in [-0.1, -0.05) is 26.2 Å². The molecule has 1 fully saturated rings. The molecule has 31 heavy (non-hydrogen) atoms. The van der Waals surface area contributed by atoms with E-state index in [9.17, 15) is 9.59 Å². The average Bonchev–Trinajstić information content (AvgIpc) is 2.80. The number of anilines is 1. The highest BCUT2D eigenvalue weighted by Gasteiger charge is 2.18. The summed E-state index contributed by atoms with van der Waals surface area (Å²) in [7, 11) is 0. The zero-order valence-corrected chi connectivity index (χ0v) is 19.4. The number of unbranched alkanes of at least 4 members (excludes halogenated alkanes) is 3. The first-order valence-corrected chi connectivity index (χ1v) is 11.6. The minimum absolute atomic E-state index is 0.0182. The number of morpholine rings is 1. The number of amides is 2. The molecule has 2 aromatic carbocycles. The van der Waals surface area contributed by atoms with Crippen molar-refractivity contribution in [2.75, 3.05) is 38.2 Å². The molecule has 0 atom stereocenters. The average molecular weight is 489 g/mol. The van der Waals surface area contributed by atoms with Crippen molar-refractivity contribution in [2.24, 2.45) is 0 Å². The predicted octanol–water partition coefficient (Wildman–Crippen LogP) is 5.13. The molecule has 3 rings (SSSR count). The number of carbonyl (C=O) groups is 2. The molecule has 1 aliphatic rings. The van der Waals surface area contributed by atoms with Gasteiger partial charge < -0.3 is 19.7 Å². The van der Waals surface area contributed by atoms with Gasteiger partial charge in [0, 0.05) is 29.9 Å². The lowest BCUT2D eigenvalue weighted by atomic mass is 10.1. The van der Waals surface area contributed by atoms with E-state index in [1.165, 1.54) is 12.8 Å². The molecule has 2 aromatic rings. The largest absolute Gasteiger partial charge is 0.492 e. The lowest BCUT2D eigenvalue weighted by molar-refractivity contribution is 0.0303. The maximum atomic E-state index is 12.6. The Labute approximate surface area is 192 Å². The van der Waals surface area contributed by atoms with Crippen LogP contribution >= 0.6 is 15.9 Å². The van der Waals surface area contributed by atoms with Crippen LogP contribution in [0.15, 0.2) is 46.9 Å². The minimum Gasteiger partial charge on any atom is -0.492 e. The molecule has 0 spiro atoms. The summed E-state index contributed by atoms with van der Waals surface area (Å²) in [4.78, 5) is 26.9. The van der Waals surface area contributed by atoms with Crippen LogP contribution in [0.2, 0.25) is 0 Å². The van der Waals surface area contributed by atoms with Gasteiger partial charge in [-0.15, -0.1) is 0 Å². The quantitative estimate of drug-likeness (QED) is 0.496. The van der Waals surface area contributed by atoms with Gasteiger partial charge in [0.1, 0.15) is 5.75 Å². The Hall–Kier alpha value is -2.38. The van der Waals surface area contributed by atoms with E-state index in [1.54, 1.807) is 41.3 Å². The standard InChI is InChI=1S/C24H29BrN2O4/c1-2-3-4-5-14-31-22-11-8-19(17-21(22)25)23(28)26-20-9-6-18(7-10-20)24(29)27-12-15-30-16-13-27/h6-11,17H,2-5,12-16H2,1H3,(H,26,28). The number of halogens is 1. The molecule has 0 radical (unpaired) electrons. The van der Waals surface area contributed by atoms with E-state index in [1.807, 2.05) is 6.07 Å². The second-order valence-electron chi connectivity index (χ2n) is 7.49. The molecule has 1 N–H and O–H groups in total. The van der Waals surface area contributed by atoms with E-state index in [-0.39, 0.29) is 11.8 Å². The lowest BCUT2D eigenvalue weighted by Gasteiger charge is -2.26. The van der Waals surface area contributed by atoms with Crippen molar-refractivity contribution in [1.82, 2.24) is 4.90 Å². The molecule has 7 heteroatoms. The Kier molecular flexibility index (Phi) is 8.91. The van der Waals surface area contributed by atoms with Crippen LogP contribution in [-0.2, 0) is 4.74 Å². The van der Waals surface area contributed by atoms with E-state index in [0.29, 0.717) is 49.7 Å². The fraction of sp³-hybridized carbons (Fsp3) is 0.417. The molecule has 1 aliphatic heterocycles. The van der Waals surface area contributed by atoms with Crippen molar-refractivity contribution in [2.45, 2.75) is 32.6 Å². The third kappa shape index (κ3) is 6.80. The smallest absolute Gasteiger partial charge is 0.255 e. The Morgan fingerprint density at radius 2 is 1.74 bits per heavy atom. The predicted molar refractivity (Wildman–Crippen MR) is 125 cm³/mol. The third-order valence-corrected chi connectivity index (χ3v) is 5.76. The minimum atomic E-state index is -0.220. The molecular formula is C24H29BrN2O4. The molecule has 1 saturated heterocycles. The molecular weight excluding hydrogens is 460 g/mol. The lowest BCUT2D eigenvalue weighted by Crippen LogP contribution is -2.40. The SMILES string of the molecule is CCCCCCOc1ccc(C(=O)Nc2ccc(C(=O)N3CCOCC3)cc2)cc1Br. The fourth-order valence-electron chi connectivity index (χ4n) is 3.32. The van der Waals surface area contributed by atoms with Crippen molar-refractivity contribution in [1.29, 1.82) is 0 Å². The van der Waals surface area contributed by atoms with E-state index < -0.39 is 0 Å². The summed E-state index contributed by atoms with van der Waals surface area (Å²) in [6.07, 6.45) is 4.59. The first kappa shape index (κ1) is 23.3. The summed E-state index contributed by atoms with van der Waals surface area (Å²) >= 11 is 3.49. The molecule has 0 unspecified atom stereocenters. The first-order chi connectivity index (χ1) is 15.1. The molecule has 2 amide bonds. The van der Waals surface area contributed by atoms with Crippen LogP contribution in [0, 0.1) is 0 Å². The van der Waals surface area contributed by atoms with E-state index in [2.05, 4.69) is 28.2 Å². The molecule has 6 nitrogen and oxygen atoms in total. The Morgan fingerprint density at radius 3 is 2.42 bits per heavy atom. The summed E-state index contributed by atoms with van der Waals surface area (Å²) in [5.41, 5.74) is 1.76. The summed E-state index contributed by atoms with van der Waals surface area (Å²) in [5.74, 6) is 0.497. The fourth-order valence-corrected chi connectivity index (χ4v) is 3.81. The zero-order valence-electron chi connectivity index (χ0n) is 17.9. The highest BCUT2D eigenvalue weighted by molar-refractivity contribution is 9.10. The van der Waals surface area contributed by atoms with Gasteiger partial charge >= 0.3 is 0 Å². The molecule has 166 valence electrons. The van der Waals surface area contributed by atoms with Crippen LogP contribution in [0.3, 0.4) is 0 Å². The summed E-state index contributed by atoms with van der Waals surface area (Å²) < 4.78 is 11.8. The monoisotopic (exact) mass is 488 g/mol. The van der Waals surface area contributed by atoms with Gasteiger partial charge in [-0.05, 0) is 64.8 Å². The Bertz CT molecular complexity index is 880. The number of nitrogens with zero attached hydrogens (tertiary/aromatic N) is 1. The highest BCUT2D eigenvalue weighted by Crippen LogP contribution is 2.27. The molecule has 0 aliphatic carbocycles.